The molecule has 2 amide bonds. The van der Waals surface area contributed by atoms with Gasteiger partial charge in [0.25, 0.3) is 5.91 Å². The van der Waals surface area contributed by atoms with Gasteiger partial charge in [-0.2, -0.15) is 24.9 Å². The average Bonchev–Trinajstić information content (AvgIpc) is 3.13. The van der Waals surface area contributed by atoms with E-state index in [9.17, 15) is 32.7 Å². The van der Waals surface area contributed by atoms with E-state index < -0.39 is 35.7 Å². The van der Waals surface area contributed by atoms with Crippen LogP contribution in [0, 0.1) is 0 Å². The number of thioether (sulfide) groups is 1. The van der Waals surface area contributed by atoms with Crippen LogP contribution in [-0.4, -0.2) is 59.4 Å². The molecular formula is C24H25F3N2O5S. The Labute approximate surface area is 204 Å². The van der Waals surface area contributed by atoms with Gasteiger partial charge >= 0.3 is 18.2 Å². The van der Waals surface area contributed by atoms with Crippen molar-refractivity contribution in [2.45, 2.75) is 37.0 Å². The molecule has 0 aliphatic heterocycles. The van der Waals surface area contributed by atoms with Crippen molar-refractivity contribution < 1.29 is 37.4 Å². The Hall–Kier alpha value is -3.21. The van der Waals surface area contributed by atoms with E-state index in [1.54, 1.807) is 11.6 Å². The fraction of sp³-hybridized carbons (Fsp3) is 0.375. The molecule has 3 rings (SSSR count). The molecule has 0 heterocycles. The second kappa shape index (κ2) is 10.6. The fourth-order valence-electron chi connectivity index (χ4n) is 3.89. The van der Waals surface area contributed by atoms with Crippen LogP contribution in [0.15, 0.2) is 48.5 Å². The number of aliphatic carboxylic acids is 1. The lowest BCUT2D eigenvalue weighted by Gasteiger charge is -2.32. The summed E-state index contributed by atoms with van der Waals surface area (Å²) in [5.74, 6) is -3.24. The van der Waals surface area contributed by atoms with Crippen LogP contribution in [0.1, 0.15) is 30.4 Å². The fourth-order valence-corrected chi connectivity index (χ4v) is 4.36. The molecule has 35 heavy (non-hydrogen) atoms. The van der Waals surface area contributed by atoms with Gasteiger partial charge in [0.2, 0.25) is 5.54 Å². The van der Waals surface area contributed by atoms with Crippen molar-refractivity contribution in [1.29, 1.82) is 0 Å². The SMILES string of the molecule is CSCC[C@@H](NC(=O)C(C)(NC(=O)OCC1c2ccccc2-c2ccccc21)C(F)(F)F)C(=O)O. The van der Waals surface area contributed by atoms with Gasteiger partial charge in [-0.1, -0.05) is 48.5 Å². The molecule has 1 unspecified atom stereocenters. The van der Waals surface area contributed by atoms with Gasteiger partial charge in [0.1, 0.15) is 12.6 Å². The van der Waals surface area contributed by atoms with Gasteiger partial charge in [0.15, 0.2) is 0 Å². The number of carbonyl (C=O) groups excluding carboxylic acids is 2. The van der Waals surface area contributed by atoms with Gasteiger partial charge in [-0.3, -0.25) is 10.1 Å². The van der Waals surface area contributed by atoms with Crippen LogP contribution >= 0.6 is 11.8 Å². The van der Waals surface area contributed by atoms with Gasteiger partial charge in [0, 0.05) is 5.92 Å². The molecule has 7 nitrogen and oxygen atoms in total. The standard InChI is InChI=1S/C24H25F3N2O5S/c1-23(24(25,26)27,21(32)28-19(20(30)31)11-12-35-2)29-22(33)34-13-18-16-9-5-3-7-14(16)15-8-4-6-10-17(15)18/h3-10,18-19H,11-13H2,1-2H3,(H,28,32)(H,29,33)(H,30,31)/t19-,23?/m1/s1. The minimum atomic E-state index is -5.22. The number of fused-ring (bicyclic) bond motifs is 3. The zero-order valence-corrected chi connectivity index (χ0v) is 19.8. The number of carboxylic acid groups (broad SMARTS) is 1. The third-order valence-electron chi connectivity index (χ3n) is 5.93. The van der Waals surface area contributed by atoms with E-state index >= 15 is 0 Å². The number of alkyl halides is 3. The maximum Gasteiger partial charge on any atom is 0.420 e. The van der Waals surface area contributed by atoms with E-state index in [1.807, 2.05) is 53.8 Å². The lowest BCUT2D eigenvalue weighted by molar-refractivity contribution is -0.195. The molecule has 0 bridgehead atoms. The molecule has 0 radical (unpaired) electrons. The van der Waals surface area contributed by atoms with E-state index in [4.69, 9.17) is 4.74 Å². The molecule has 0 saturated carbocycles. The molecule has 1 aliphatic rings. The molecule has 1 aliphatic carbocycles. The van der Waals surface area contributed by atoms with Crippen molar-refractivity contribution in [1.82, 2.24) is 10.6 Å². The van der Waals surface area contributed by atoms with Crippen LogP contribution in [0.5, 0.6) is 0 Å². The first kappa shape index (κ1) is 26.4. The summed E-state index contributed by atoms with van der Waals surface area (Å²) in [5, 5.41) is 12.7. The largest absolute Gasteiger partial charge is 0.480 e. The quantitative estimate of drug-likeness (QED) is 0.468. The summed E-state index contributed by atoms with van der Waals surface area (Å²) in [4.78, 5) is 36.4. The number of amides is 2. The summed E-state index contributed by atoms with van der Waals surface area (Å²) in [6, 6.07) is 13.4. The van der Waals surface area contributed by atoms with Crippen molar-refractivity contribution in [3.05, 3.63) is 59.7 Å². The van der Waals surface area contributed by atoms with Crippen molar-refractivity contribution in [3.63, 3.8) is 0 Å². The predicted molar refractivity (Wildman–Crippen MR) is 125 cm³/mol. The number of carbonyl (C=O) groups is 3. The average molecular weight is 511 g/mol. The van der Waals surface area contributed by atoms with Gasteiger partial charge in [-0.05, 0) is 47.6 Å². The van der Waals surface area contributed by atoms with Crippen LogP contribution in [-0.2, 0) is 14.3 Å². The number of halogens is 3. The Morgan fingerprint density at radius 2 is 1.60 bits per heavy atom. The van der Waals surface area contributed by atoms with Crippen molar-refractivity contribution in [2.24, 2.45) is 0 Å². The summed E-state index contributed by atoms with van der Waals surface area (Å²) in [6.45, 7) is 0.220. The Morgan fingerprint density at radius 3 is 2.09 bits per heavy atom. The van der Waals surface area contributed by atoms with E-state index in [2.05, 4.69) is 0 Å². The third kappa shape index (κ3) is 5.55. The summed E-state index contributed by atoms with van der Waals surface area (Å²) in [6.07, 6.45) is -5.05. The Balaban J connectivity index is 1.74. The summed E-state index contributed by atoms with van der Waals surface area (Å²) < 4.78 is 46.8. The smallest absolute Gasteiger partial charge is 0.420 e. The third-order valence-corrected chi connectivity index (χ3v) is 6.57. The molecule has 188 valence electrons. The van der Waals surface area contributed by atoms with Crippen LogP contribution in [0.3, 0.4) is 0 Å². The normalized spacial score (nSPS) is 15.3. The molecule has 11 heteroatoms. The van der Waals surface area contributed by atoms with Crippen LogP contribution < -0.4 is 10.6 Å². The van der Waals surface area contributed by atoms with Crippen LogP contribution in [0.2, 0.25) is 0 Å². The Morgan fingerprint density at radius 1 is 1.06 bits per heavy atom. The van der Waals surface area contributed by atoms with Crippen LogP contribution in [0.25, 0.3) is 11.1 Å². The van der Waals surface area contributed by atoms with E-state index in [-0.39, 0.29) is 18.9 Å². The number of carboxylic acids is 1. The first-order valence-electron chi connectivity index (χ1n) is 10.7. The number of nitrogens with one attached hydrogen (secondary N) is 2. The van der Waals surface area contributed by atoms with Gasteiger partial charge in [-0.15, -0.1) is 0 Å². The van der Waals surface area contributed by atoms with E-state index in [0.29, 0.717) is 12.7 Å². The number of rotatable bonds is 9. The maximum atomic E-state index is 13.9. The second-order valence-corrected chi connectivity index (χ2v) is 9.20. The molecule has 0 fully saturated rings. The van der Waals surface area contributed by atoms with Crippen molar-refractivity contribution >= 4 is 29.7 Å². The highest BCUT2D eigenvalue weighted by Gasteiger charge is 2.58. The molecule has 2 aromatic rings. The predicted octanol–water partition coefficient (Wildman–Crippen LogP) is 4.17. The van der Waals surface area contributed by atoms with Gasteiger partial charge in [0.05, 0.1) is 0 Å². The highest BCUT2D eigenvalue weighted by molar-refractivity contribution is 7.98. The molecule has 3 N–H and O–H groups in total. The van der Waals surface area contributed by atoms with Crippen molar-refractivity contribution in [2.75, 3.05) is 18.6 Å². The molecule has 2 atom stereocenters. The van der Waals surface area contributed by atoms with Gasteiger partial charge in [-0.25, -0.2) is 9.59 Å². The molecule has 0 saturated heterocycles. The first-order valence-corrected chi connectivity index (χ1v) is 12.1. The second-order valence-electron chi connectivity index (χ2n) is 8.22. The lowest BCUT2D eigenvalue weighted by Crippen LogP contribution is -2.66. The monoisotopic (exact) mass is 510 g/mol. The summed E-state index contributed by atoms with van der Waals surface area (Å²) in [5.41, 5.74) is 0.234. The maximum absolute atomic E-state index is 13.9. The minimum Gasteiger partial charge on any atom is -0.480 e. The van der Waals surface area contributed by atoms with Crippen molar-refractivity contribution in [3.8, 4) is 11.1 Å². The number of alkyl carbamates (subject to hydrolysis) is 1. The first-order chi connectivity index (χ1) is 16.5. The number of hydrogen-bond acceptors (Lipinski definition) is 5. The molecule has 2 aromatic carbocycles. The molecule has 0 aromatic heterocycles. The topological polar surface area (TPSA) is 105 Å². The number of hydrogen-bond donors (Lipinski definition) is 3. The Bertz CT molecular complexity index is 1070. The minimum absolute atomic E-state index is 0.0822. The number of ether oxygens (including phenoxy) is 1. The Kier molecular flexibility index (Phi) is 7.99. The number of benzene rings is 2. The zero-order chi connectivity index (χ0) is 25.8. The molecule has 0 spiro atoms. The highest BCUT2D eigenvalue weighted by Crippen LogP contribution is 2.44. The summed E-state index contributed by atoms with van der Waals surface area (Å²) >= 11 is 1.28. The van der Waals surface area contributed by atoms with E-state index in [0.717, 1.165) is 22.3 Å². The highest BCUT2D eigenvalue weighted by atomic mass is 32.2. The van der Waals surface area contributed by atoms with E-state index in [1.165, 1.54) is 11.8 Å². The lowest BCUT2D eigenvalue weighted by atomic mass is 9.98. The van der Waals surface area contributed by atoms with Crippen LogP contribution in [0.4, 0.5) is 18.0 Å². The molecular weight excluding hydrogens is 485 g/mol. The van der Waals surface area contributed by atoms with Gasteiger partial charge < -0.3 is 15.2 Å². The summed E-state index contributed by atoms with van der Waals surface area (Å²) in [7, 11) is 0. The zero-order valence-electron chi connectivity index (χ0n) is 19.0.